The van der Waals surface area contributed by atoms with E-state index in [-0.39, 0.29) is 34.1 Å². The first-order valence-electron chi connectivity index (χ1n) is 6.10. The van der Waals surface area contributed by atoms with Gasteiger partial charge in [0.1, 0.15) is 5.76 Å². The van der Waals surface area contributed by atoms with Crippen LogP contribution in [-0.2, 0) is 4.79 Å². The molecular formula is C12H14N4O4S. The van der Waals surface area contributed by atoms with E-state index in [1.54, 1.807) is 12.1 Å². The zero-order valence-corrected chi connectivity index (χ0v) is 12.3. The van der Waals surface area contributed by atoms with Crippen molar-refractivity contribution in [1.82, 2.24) is 10.6 Å². The number of likely N-dealkylation sites (N-methyl/N-ethyl adjacent to an activating group) is 1. The van der Waals surface area contributed by atoms with E-state index in [1.165, 1.54) is 32.1 Å². The molecule has 2 rings (SSSR count). The Morgan fingerprint density at radius 3 is 2.95 bits per heavy atom. The number of nitrogens with one attached hydrogen (secondary N) is 2. The lowest BCUT2D eigenvalue weighted by Crippen LogP contribution is -2.34. The van der Waals surface area contributed by atoms with Crippen molar-refractivity contribution in [3.05, 3.63) is 45.0 Å². The van der Waals surface area contributed by atoms with Crippen LogP contribution in [0.5, 0.6) is 0 Å². The quantitative estimate of drug-likeness (QED) is 0.376. The van der Waals surface area contributed by atoms with Gasteiger partial charge in [-0.1, -0.05) is 11.8 Å². The summed E-state index contributed by atoms with van der Waals surface area (Å²) < 4.78 is 5.28. The van der Waals surface area contributed by atoms with Gasteiger partial charge in [0.15, 0.2) is 5.03 Å². The van der Waals surface area contributed by atoms with Crippen molar-refractivity contribution < 1.29 is 14.1 Å². The molecule has 1 atom stereocenters. The molecule has 0 aliphatic carbocycles. The van der Waals surface area contributed by atoms with Crippen LogP contribution in [0.3, 0.4) is 0 Å². The molecule has 1 unspecified atom stereocenters. The lowest BCUT2D eigenvalue weighted by molar-refractivity contribution is -0.416. The number of nitro groups is 1. The van der Waals surface area contributed by atoms with E-state index >= 15 is 0 Å². The smallest absolute Gasteiger partial charge is 0.340 e. The number of thioether (sulfide) groups is 1. The molecule has 0 bridgehead atoms. The van der Waals surface area contributed by atoms with Gasteiger partial charge in [-0.3, -0.25) is 19.9 Å². The van der Waals surface area contributed by atoms with Crippen LogP contribution in [0, 0.1) is 10.1 Å². The molecule has 112 valence electrons. The van der Waals surface area contributed by atoms with E-state index < -0.39 is 4.92 Å². The molecule has 0 aromatic carbocycles. The molecule has 2 heterocycles. The first kappa shape index (κ1) is 15.1. The maximum atomic E-state index is 11.8. The predicted molar refractivity (Wildman–Crippen MR) is 78.2 cm³/mol. The minimum Gasteiger partial charge on any atom is -0.468 e. The Hall–Kier alpha value is -2.29. The van der Waals surface area contributed by atoms with Crippen molar-refractivity contribution >= 4 is 23.5 Å². The molecule has 0 radical (unpaired) electrons. The van der Waals surface area contributed by atoms with Crippen molar-refractivity contribution in [2.75, 3.05) is 14.1 Å². The number of amidine groups is 1. The van der Waals surface area contributed by atoms with Gasteiger partial charge < -0.3 is 15.1 Å². The van der Waals surface area contributed by atoms with Gasteiger partial charge in [0.2, 0.25) is 11.7 Å². The van der Waals surface area contributed by atoms with Crippen LogP contribution in [-0.4, -0.2) is 30.8 Å². The van der Waals surface area contributed by atoms with E-state index in [4.69, 9.17) is 4.42 Å². The highest BCUT2D eigenvalue weighted by atomic mass is 32.2. The third-order valence-corrected chi connectivity index (χ3v) is 4.04. The van der Waals surface area contributed by atoms with Crippen molar-refractivity contribution in [3.8, 4) is 0 Å². The van der Waals surface area contributed by atoms with Gasteiger partial charge in [0.25, 0.3) is 0 Å². The maximum Gasteiger partial charge on any atom is 0.340 e. The normalized spacial score (nSPS) is 21.7. The number of amides is 1. The Balaban J connectivity index is 2.41. The zero-order valence-electron chi connectivity index (χ0n) is 11.5. The monoisotopic (exact) mass is 310 g/mol. The third-order valence-electron chi connectivity index (χ3n) is 2.83. The minimum absolute atomic E-state index is 0.0999. The topological polar surface area (TPSA) is 110 Å². The summed E-state index contributed by atoms with van der Waals surface area (Å²) in [5.41, 5.74) is -0.255. The van der Waals surface area contributed by atoms with Crippen molar-refractivity contribution in [1.29, 1.82) is 0 Å². The Morgan fingerprint density at radius 2 is 2.43 bits per heavy atom. The van der Waals surface area contributed by atoms with E-state index in [1.807, 2.05) is 0 Å². The molecule has 8 nitrogen and oxygen atoms in total. The second-order valence-electron chi connectivity index (χ2n) is 4.13. The van der Waals surface area contributed by atoms with Gasteiger partial charge in [-0.05, 0) is 12.1 Å². The lowest BCUT2D eigenvalue weighted by atomic mass is 10.2. The number of furan rings is 1. The standard InChI is InChI=1S/C12H14N4O4S/c1-13-11(14-2)10(16(18)19)12-15-9(17)6-8(21-12)7-4-3-5-20-7/h3-5,8H,6H2,1-2H3,(H,13,14)(H,15,17)/b12-10-. The van der Waals surface area contributed by atoms with Crippen LogP contribution in [0.4, 0.5) is 0 Å². The zero-order chi connectivity index (χ0) is 15.4. The fraction of sp³-hybridized carbons (Fsp3) is 0.333. The molecule has 0 saturated carbocycles. The van der Waals surface area contributed by atoms with Crippen LogP contribution < -0.4 is 10.6 Å². The molecule has 21 heavy (non-hydrogen) atoms. The molecule has 1 saturated heterocycles. The molecule has 2 N–H and O–H groups in total. The van der Waals surface area contributed by atoms with E-state index in [0.717, 1.165) is 0 Å². The summed E-state index contributed by atoms with van der Waals surface area (Å²) in [6.45, 7) is 0. The van der Waals surface area contributed by atoms with Crippen LogP contribution in [0.15, 0.2) is 38.5 Å². The van der Waals surface area contributed by atoms with Crippen molar-refractivity contribution in [2.45, 2.75) is 11.7 Å². The minimum atomic E-state index is -0.564. The molecule has 1 amide bonds. The Labute approximate surface area is 124 Å². The molecule has 9 heteroatoms. The van der Waals surface area contributed by atoms with Crippen LogP contribution >= 0.6 is 11.8 Å². The highest BCUT2D eigenvalue weighted by molar-refractivity contribution is 8.03. The fourth-order valence-electron chi connectivity index (χ4n) is 1.92. The summed E-state index contributed by atoms with van der Waals surface area (Å²) in [6, 6.07) is 3.46. The predicted octanol–water partition coefficient (Wildman–Crippen LogP) is 1.27. The van der Waals surface area contributed by atoms with Crippen LogP contribution in [0.2, 0.25) is 0 Å². The van der Waals surface area contributed by atoms with E-state index in [2.05, 4.69) is 15.6 Å². The number of hydrogen-bond acceptors (Lipinski definition) is 6. The molecule has 1 aliphatic rings. The summed E-state index contributed by atoms with van der Waals surface area (Å²) in [7, 11) is 2.97. The summed E-state index contributed by atoms with van der Waals surface area (Å²) >= 11 is 1.18. The largest absolute Gasteiger partial charge is 0.468 e. The van der Waals surface area contributed by atoms with Crippen molar-refractivity contribution in [3.63, 3.8) is 0 Å². The fourth-order valence-corrected chi connectivity index (χ4v) is 3.15. The molecule has 1 aromatic heterocycles. The van der Waals surface area contributed by atoms with Gasteiger partial charge in [-0.25, -0.2) is 0 Å². The molecule has 1 aromatic rings. The first-order valence-corrected chi connectivity index (χ1v) is 6.98. The number of carbonyl (C=O) groups excluding carboxylic acids is 1. The average Bonchev–Trinajstić information content (AvgIpc) is 2.97. The summed E-state index contributed by atoms with van der Waals surface area (Å²) in [5, 5.41) is 16.4. The Morgan fingerprint density at radius 1 is 1.67 bits per heavy atom. The summed E-state index contributed by atoms with van der Waals surface area (Å²) in [5.74, 6) is 0.411. The second-order valence-corrected chi connectivity index (χ2v) is 5.34. The average molecular weight is 310 g/mol. The lowest BCUT2D eigenvalue weighted by Gasteiger charge is -2.22. The molecule has 1 fully saturated rings. The highest BCUT2D eigenvalue weighted by Gasteiger charge is 2.34. The van der Waals surface area contributed by atoms with Gasteiger partial charge in [-0.2, -0.15) is 0 Å². The Kier molecular flexibility index (Phi) is 4.63. The second kappa shape index (κ2) is 6.44. The molecule has 0 spiro atoms. The first-order chi connectivity index (χ1) is 10.1. The molecular weight excluding hydrogens is 296 g/mol. The number of rotatable bonds is 3. The number of aliphatic imine (C=N–C) groups is 1. The van der Waals surface area contributed by atoms with Crippen molar-refractivity contribution in [2.24, 2.45) is 4.99 Å². The summed E-state index contributed by atoms with van der Waals surface area (Å²) in [4.78, 5) is 26.4. The maximum absolute atomic E-state index is 11.8. The van der Waals surface area contributed by atoms with Gasteiger partial charge in [0.05, 0.1) is 16.4 Å². The number of carbonyl (C=O) groups is 1. The van der Waals surface area contributed by atoms with E-state index in [9.17, 15) is 14.9 Å². The number of hydrogen-bond donors (Lipinski definition) is 2. The third kappa shape index (κ3) is 3.24. The van der Waals surface area contributed by atoms with Crippen LogP contribution in [0.25, 0.3) is 0 Å². The summed E-state index contributed by atoms with van der Waals surface area (Å²) in [6.07, 6.45) is 1.71. The van der Waals surface area contributed by atoms with Crippen LogP contribution in [0.1, 0.15) is 17.4 Å². The van der Waals surface area contributed by atoms with Gasteiger partial charge in [-0.15, -0.1) is 0 Å². The van der Waals surface area contributed by atoms with E-state index in [0.29, 0.717) is 5.76 Å². The van der Waals surface area contributed by atoms with Gasteiger partial charge in [0, 0.05) is 20.5 Å². The number of nitrogens with zero attached hydrogens (tertiary/aromatic N) is 2. The van der Waals surface area contributed by atoms with Gasteiger partial charge >= 0.3 is 5.70 Å². The molecule has 1 aliphatic heterocycles. The SMILES string of the molecule is CN=C(NC)/C(=C1\NC(=O)CC(c2ccco2)S1)[N+](=O)[O-]. The Bertz CT molecular complexity index is 609. The highest BCUT2D eigenvalue weighted by Crippen LogP contribution is 2.40.